The first-order chi connectivity index (χ1) is 15.4. The Hall–Kier alpha value is -2.87. The van der Waals surface area contributed by atoms with E-state index in [1.54, 1.807) is 13.4 Å². The summed E-state index contributed by atoms with van der Waals surface area (Å²) in [6, 6.07) is 6.45. The lowest BCUT2D eigenvalue weighted by Crippen LogP contribution is -2.23. The Balaban J connectivity index is 1.66. The van der Waals surface area contributed by atoms with Crippen LogP contribution in [0.3, 0.4) is 0 Å². The number of benzene rings is 1. The van der Waals surface area contributed by atoms with Crippen molar-refractivity contribution in [3.05, 3.63) is 30.2 Å². The number of anilines is 3. The van der Waals surface area contributed by atoms with Crippen molar-refractivity contribution in [2.24, 2.45) is 0 Å². The van der Waals surface area contributed by atoms with Crippen molar-refractivity contribution in [2.75, 3.05) is 17.7 Å². The van der Waals surface area contributed by atoms with E-state index in [0.29, 0.717) is 17.6 Å². The molecular weight excluding hydrogens is 404 g/mol. The number of H-pyrrole nitrogens is 1. The van der Waals surface area contributed by atoms with Crippen molar-refractivity contribution in [2.45, 2.75) is 77.5 Å². The molecule has 0 bridgehead atoms. The van der Waals surface area contributed by atoms with Gasteiger partial charge in [0.25, 0.3) is 0 Å². The van der Waals surface area contributed by atoms with Gasteiger partial charge < -0.3 is 20.1 Å². The fourth-order valence-corrected chi connectivity index (χ4v) is 3.73. The van der Waals surface area contributed by atoms with Crippen LogP contribution in [-0.2, 0) is 4.74 Å². The molecule has 1 aliphatic carbocycles. The molecule has 8 nitrogen and oxygen atoms in total. The molecule has 3 aromatic rings. The van der Waals surface area contributed by atoms with Gasteiger partial charge in [0.2, 0.25) is 0 Å². The number of methoxy groups -OCH3 is 1. The van der Waals surface area contributed by atoms with Gasteiger partial charge in [-0.15, -0.1) is 0 Å². The molecule has 2 heterocycles. The highest BCUT2D eigenvalue weighted by atomic mass is 16.5. The Morgan fingerprint density at radius 2 is 1.94 bits per heavy atom. The SMILES string of the molecule is CCCCC(OC(C)(C)C)c1[nH]nc2cc(OC)c(Nc3cc(NC4CC4)ncn3)cc12. The van der Waals surface area contributed by atoms with Crippen molar-refractivity contribution in [1.29, 1.82) is 0 Å². The van der Waals surface area contributed by atoms with Crippen molar-refractivity contribution >= 4 is 28.2 Å². The third kappa shape index (κ3) is 5.48. The number of hydrogen-bond acceptors (Lipinski definition) is 7. The van der Waals surface area contributed by atoms with Crippen molar-refractivity contribution in [1.82, 2.24) is 20.2 Å². The summed E-state index contributed by atoms with van der Waals surface area (Å²) in [4.78, 5) is 8.71. The number of aromatic nitrogens is 4. The summed E-state index contributed by atoms with van der Waals surface area (Å²) in [6.45, 7) is 8.45. The maximum Gasteiger partial charge on any atom is 0.144 e. The lowest BCUT2D eigenvalue weighted by Gasteiger charge is -2.27. The molecule has 1 fully saturated rings. The number of ether oxygens (including phenoxy) is 2. The van der Waals surface area contributed by atoms with Crippen molar-refractivity contribution in [3.8, 4) is 5.75 Å². The van der Waals surface area contributed by atoms with Crippen LogP contribution < -0.4 is 15.4 Å². The van der Waals surface area contributed by atoms with Gasteiger partial charge in [0.1, 0.15) is 29.8 Å². The second-order valence-electron chi connectivity index (χ2n) is 9.40. The van der Waals surface area contributed by atoms with Crippen LogP contribution in [0.4, 0.5) is 17.3 Å². The van der Waals surface area contributed by atoms with Crippen LogP contribution >= 0.6 is 0 Å². The second-order valence-corrected chi connectivity index (χ2v) is 9.40. The minimum absolute atomic E-state index is 0.0606. The number of aromatic amines is 1. The predicted octanol–water partition coefficient (Wildman–Crippen LogP) is 5.73. The number of nitrogens with zero attached hydrogens (tertiary/aromatic N) is 3. The second kappa shape index (κ2) is 9.32. The number of hydrogen-bond donors (Lipinski definition) is 3. The minimum atomic E-state index is -0.255. The lowest BCUT2D eigenvalue weighted by molar-refractivity contribution is -0.0670. The van der Waals surface area contributed by atoms with Crippen LogP contribution in [0.25, 0.3) is 10.9 Å². The van der Waals surface area contributed by atoms with Gasteiger partial charge in [-0.25, -0.2) is 9.97 Å². The van der Waals surface area contributed by atoms with Crippen LogP contribution in [0.5, 0.6) is 5.75 Å². The molecule has 172 valence electrons. The summed E-state index contributed by atoms with van der Waals surface area (Å²) in [5, 5.41) is 15.6. The van der Waals surface area contributed by atoms with E-state index in [-0.39, 0.29) is 11.7 Å². The van der Waals surface area contributed by atoms with E-state index in [1.165, 1.54) is 12.8 Å². The van der Waals surface area contributed by atoms with E-state index in [0.717, 1.165) is 47.4 Å². The molecule has 2 aromatic heterocycles. The van der Waals surface area contributed by atoms with Crippen LogP contribution in [0.1, 0.15) is 71.6 Å². The first-order valence-electron chi connectivity index (χ1n) is 11.5. The van der Waals surface area contributed by atoms with Crippen LogP contribution in [0, 0.1) is 0 Å². The third-order valence-electron chi connectivity index (χ3n) is 5.40. The van der Waals surface area contributed by atoms with E-state index >= 15 is 0 Å². The highest BCUT2D eigenvalue weighted by Crippen LogP contribution is 2.37. The molecule has 0 amide bonds. The smallest absolute Gasteiger partial charge is 0.144 e. The number of fused-ring (bicyclic) bond motifs is 1. The molecule has 1 aromatic carbocycles. The monoisotopic (exact) mass is 438 g/mol. The normalized spacial score (nSPS) is 15.0. The van der Waals surface area contributed by atoms with Gasteiger partial charge >= 0.3 is 0 Å². The van der Waals surface area contributed by atoms with Gasteiger partial charge in [0, 0.05) is 23.6 Å². The maximum atomic E-state index is 6.41. The van der Waals surface area contributed by atoms with E-state index < -0.39 is 0 Å². The molecule has 0 spiro atoms. The first kappa shape index (κ1) is 22.3. The van der Waals surface area contributed by atoms with E-state index in [1.807, 2.05) is 12.1 Å². The molecular formula is C24H34N6O2. The molecule has 32 heavy (non-hydrogen) atoms. The largest absolute Gasteiger partial charge is 0.494 e. The van der Waals surface area contributed by atoms with Gasteiger partial charge in [-0.2, -0.15) is 5.10 Å². The summed E-state index contributed by atoms with van der Waals surface area (Å²) < 4.78 is 12.1. The highest BCUT2D eigenvalue weighted by Gasteiger charge is 2.25. The maximum absolute atomic E-state index is 6.41. The van der Waals surface area contributed by atoms with E-state index in [4.69, 9.17) is 9.47 Å². The Kier molecular flexibility index (Phi) is 6.50. The minimum Gasteiger partial charge on any atom is -0.494 e. The predicted molar refractivity (Wildman–Crippen MR) is 128 cm³/mol. The van der Waals surface area contributed by atoms with Gasteiger partial charge in [-0.05, 0) is 46.1 Å². The Morgan fingerprint density at radius 3 is 2.62 bits per heavy atom. The molecule has 1 atom stereocenters. The number of rotatable bonds is 10. The van der Waals surface area contributed by atoms with Gasteiger partial charge in [0.05, 0.1) is 29.6 Å². The molecule has 0 saturated heterocycles. The average molecular weight is 439 g/mol. The van der Waals surface area contributed by atoms with E-state index in [9.17, 15) is 0 Å². The molecule has 1 saturated carbocycles. The molecule has 0 radical (unpaired) electrons. The Bertz CT molecular complexity index is 1050. The highest BCUT2D eigenvalue weighted by molar-refractivity contribution is 5.89. The zero-order chi connectivity index (χ0) is 22.7. The summed E-state index contributed by atoms with van der Waals surface area (Å²) in [5.74, 6) is 2.24. The van der Waals surface area contributed by atoms with Crippen LogP contribution in [0.15, 0.2) is 24.5 Å². The summed E-state index contributed by atoms with van der Waals surface area (Å²) in [7, 11) is 1.66. The topological polar surface area (TPSA) is 97.0 Å². The van der Waals surface area contributed by atoms with Gasteiger partial charge in [0.15, 0.2) is 0 Å². The molecule has 8 heteroatoms. The fraction of sp³-hybridized carbons (Fsp3) is 0.542. The fourth-order valence-electron chi connectivity index (χ4n) is 3.73. The molecule has 1 unspecified atom stereocenters. The summed E-state index contributed by atoms with van der Waals surface area (Å²) in [6.07, 6.45) is 7.02. The zero-order valence-electron chi connectivity index (χ0n) is 19.7. The quantitative estimate of drug-likeness (QED) is 0.372. The molecule has 4 rings (SSSR count). The first-order valence-corrected chi connectivity index (χ1v) is 11.5. The molecule has 1 aliphatic rings. The van der Waals surface area contributed by atoms with E-state index in [2.05, 4.69) is 64.6 Å². The lowest BCUT2D eigenvalue weighted by atomic mass is 10.0. The molecule has 3 N–H and O–H groups in total. The summed E-state index contributed by atoms with van der Waals surface area (Å²) in [5.41, 5.74) is 2.41. The van der Waals surface area contributed by atoms with Crippen molar-refractivity contribution in [3.63, 3.8) is 0 Å². The van der Waals surface area contributed by atoms with Crippen molar-refractivity contribution < 1.29 is 9.47 Å². The molecule has 0 aliphatic heterocycles. The van der Waals surface area contributed by atoms with Gasteiger partial charge in [-0.1, -0.05) is 19.8 Å². The zero-order valence-corrected chi connectivity index (χ0v) is 19.7. The Labute approximate surface area is 189 Å². The number of nitrogens with one attached hydrogen (secondary N) is 3. The van der Waals surface area contributed by atoms with Gasteiger partial charge in [-0.3, -0.25) is 5.10 Å². The van der Waals surface area contributed by atoms with Crippen LogP contribution in [-0.4, -0.2) is 38.9 Å². The third-order valence-corrected chi connectivity index (χ3v) is 5.40. The average Bonchev–Trinajstić information content (AvgIpc) is 3.46. The Morgan fingerprint density at radius 1 is 1.16 bits per heavy atom. The van der Waals surface area contributed by atoms with Crippen LogP contribution in [0.2, 0.25) is 0 Å². The number of unbranched alkanes of at least 4 members (excludes halogenated alkanes) is 1. The standard InChI is InChI=1S/C24H34N6O2/c1-6-7-8-19(32-24(2,3)4)23-16-11-18(20(31-5)12-17(16)29-30-23)28-22-13-21(25-14-26-22)27-15-9-10-15/h11-15,19H,6-10H2,1-5H3,(H,29,30)(H2,25,26,27,28). The summed E-state index contributed by atoms with van der Waals surface area (Å²) >= 11 is 0.